The third kappa shape index (κ3) is 6.79. The molecule has 3 aromatic carbocycles. The van der Waals surface area contributed by atoms with Gasteiger partial charge in [-0.1, -0.05) is 30.3 Å². The van der Waals surface area contributed by atoms with E-state index in [1.54, 1.807) is 13.2 Å². The molecule has 0 saturated heterocycles. The summed E-state index contributed by atoms with van der Waals surface area (Å²) in [6.07, 6.45) is -4.02. The van der Waals surface area contributed by atoms with Crippen LogP contribution in [0.2, 0.25) is 0 Å². The van der Waals surface area contributed by atoms with Gasteiger partial charge in [-0.15, -0.1) is 0 Å². The quantitative estimate of drug-likeness (QED) is 0.268. The maximum atomic E-state index is 12.6. The number of halogens is 3. The molecule has 3 N–H and O–H groups in total. The number of anilines is 1. The summed E-state index contributed by atoms with van der Waals surface area (Å²) >= 11 is 0. The van der Waals surface area contributed by atoms with Crippen LogP contribution in [0.25, 0.3) is 16.7 Å². The molecule has 0 radical (unpaired) electrons. The van der Waals surface area contributed by atoms with Crippen molar-refractivity contribution < 1.29 is 35.2 Å². The Kier molecular flexibility index (Phi) is 8.33. The lowest BCUT2D eigenvalue weighted by Crippen LogP contribution is -2.32. The summed E-state index contributed by atoms with van der Waals surface area (Å²) in [5, 5.41) is 3.55. The molecule has 3 aromatic rings. The zero-order chi connectivity index (χ0) is 30.2. The largest absolute Gasteiger partial charge is 0.496 e. The summed E-state index contributed by atoms with van der Waals surface area (Å²) in [4.78, 5) is 0. The maximum Gasteiger partial charge on any atom is 0.390 e. The highest BCUT2D eigenvalue weighted by Crippen LogP contribution is 2.47. The molecule has 1 unspecified atom stereocenters. The first-order valence-corrected chi connectivity index (χ1v) is 14.4. The molecule has 0 spiro atoms. The van der Waals surface area contributed by atoms with E-state index >= 15 is 0 Å². The first-order chi connectivity index (χ1) is 19.1. The van der Waals surface area contributed by atoms with Gasteiger partial charge in [-0.3, -0.25) is 0 Å². The molecule has 220 valence electrons. The van der Waals surface area contributed by atoms with Gasteiger partial charge < -0.3 is 24.7 Å². The van der Waals surface area contributed by atoms with Crippen molar-refractivity contribution in [3.8, 4) is 28.4 Å². The molecule has 1 aliphatic heterocycles. The van der Waals surface area contributed by atoms with Gasteiger partial charge >= 0.3 is 16.3 Å². The van der Waals surface area contributed by atoms with Gasteiger partial charge in [0.25, 0.3) is 0 Å². The molecule has 0 aliphatic carbocycles. The number of hydrogen-bond donors (Lipinski definition) is 2. The smallest absolute Gasteiger partial charge is 0.390 e. The van der Waals surface area contributed by atoms with Crippen LogP contribution in [0.4, 0.5) is 18.9 Å². The summed E-state index contributed by atoms with van der Waals surface area (Å²) in [6.45, 7) is 6.15. The van der Waals surface area contributed by atoms with Gasteiger partial charge in [-0.2, -0.15) is 21.6 Å². The van der Waals surface area contributed by atoms with Crippen LogP contribution in [0.15, 0.2) is 60.7 Å². The molecule has 1 heterocycles. The SMILES string of the molecule is COc1cc(OS(=O)(=O)CCC(F)(F)F)ccc1-c1ccc2c(c1C(N)c1ccccc1OC)C(C)=CC(C)(C)N2. The third-order valence-corrected chi connectivity index (χ3v) is 7.93. The van der Waals surface area contributed by atoms with Gasteiger partial charge in [-0.05, 0) is 61.7 Å². The van der Waals surface area contributed by atoms with E-state index in [4.69, 9.17) is 19.4 Å². The van der Waals surface area contributed by atoms with E-state index < -0.39 is 34.5 Å². The average Bonchev–Trinajstić information content (AvgIpc) is 2.89. The summed E-state index contributed by atoms with van der Waals surface area (Å²) < 4.78 is 78.3. The molecule has 11 heteroatoms. The Morgan fingerprint density at radius 1 is 0.976 bits per heavy atom. The lowest BCUT2D eigenvalue weighted by molar-refractivity contribution is -0.130. The van der Waals surface area contributed by atoms with Crippen LogP contribution in [0.5, 0.6) is 17.2 Å². The van der Waals surface area contributed by atoms with Crippen LogP contribution in [0.3, 0.4) is 0 Å². The highest BCUT2D eigenvalue weighted by Gasteiger charge is 2.32. The first kappa shape index (κ1) is 30.3. The number of nitrogens with one attached hydrogen (secondary N) is 1. The summed E-state index contributed by atoms with van der Waals surface area (Å²) in [5.74, 6) is -0.485. The Bertz CT molecular complexity index is 1580. The second-order valence-corrected chi connectivity index (χ2v) is 12.1. The normalized spacial score (nSPS) is 15.3. The molecule has 0 amide bonds. The Morgan fingerprint density at radius 2 is 1.63 bits per heavy atom. The maximum absolute atomic E-state index is 12.6. The monoisotopic (exact) mass is 590 g/mol. The number of allylic oxidation sites excluding steroid dienone is 1. The Balaban J connectivity index is 1.86. The van der Waals surface area contributed by atoms with E-state index in [1.807, 2.05) is 43.3 Å². The standard InChI is InChI=1S/C30H33F3N2O5S/c1-18-17-29(2,3)35-23-13-12-21(27(26(18)23)28(34)22-8-6-7-9-24(22)38-4)20-11-10-19(16-25(20)39-5)40-41(36,37)15-14-30(31,32)33/h6-13,16-17,28,35H,14-15,34H2,1-5H3. The number of fused-ring (bicyclic) bond motifs is 1. The second-order valence-electron chi connectivity index (χ2n) is 10.4. The van der Waals surface area contributed by atoms with Crippen molar-refractivity contribution in [2.45, 2.75) is 44.9 Å². The van der Waals surface area contributed by atoms with Crippen molar-refractivity contribution in [3.63, 3.8) is 0 Å². The van der Waals surface area contributed by atoms with Crippen LogP contribution in [-0.2, 0) is 10.1 Å². The van der Waals surface area contributed by atoms with Gasteiger partial charge in [0.1, 0.15) is 17.2 Å². The van der Waals surface area contributed by atoms with Gasteiger partial charge in [0, 0.05) is 28.4 Å². The molecule has 0 saturated carbocycles. The molecule has 1 atom stereocenters. The minimum Gasteiger partial charge on any atom is -0.496 e. The number of rotatable bonds is 9. The Morgan fingerprint density at radius 3 is 2.29 bits per heavy atom. The van der Waals surface area contributed by atoms with Crippen molar-refractivity contribution >= 4 is 21.4 Å². The lowest BCUT2D eigenvalue weighted by Gasteiger charge is -2.35. The third-order valence-electron chi connectivity index (χ3n) is 6.78. The molecule has 7 nitrogen and oxygen atoms in total. The molecular formula is C30H33F3N2O5S. The zero-order valence-corrected chi connectivity index (χ0v) is 24.2. The van der Waals surface area contributed by atoms with Crippen LogP contribution in [0.1, 0.15) is 49.9 Å². The number of hydrogen-bond acceptors (Lipinski definition) is 7. The minimum absolute atomic E-state index is 0.166. The predicted molar refractivity (Wildman–Crippen MR) is 154 cm³/mol. The predicted octanol–water partition coefficient (Wildman–Crippen LogP) is 6.69. The van der Waals surface area contributed by atoms with Crippen LogP contribution < -0.4 is 24.7 Å². The van der Waals surface area contributed by atoms with Gasteiger partial charge in [-0.25, -0.2) is 0 Å². The molecule has 0 fully saturated rings. The molecule has 1 aliphatic rings. The number of nitrogens with two attached hydrogens (primary N) is 1. The molecule has 0 bridgehead atoms. The Hall–Kier alpha value is -3.70. The lowest BCUT2D eigenvalue weighted by atomic mass is 9.81. The highest BCUT2D eigenvalue weighted by atomic mass is 32.2. The molecule has 4 rings (SSSR count). The minimum atomic E-state index is -4.63. The summed E-state index contributed by atoms with van der Waals surface area (Å²) in [5.41, 5.74) is 12.4. The van der Waals surface area contributed by atoms with E-state index in [0.29, 0.717) is 11.3 Å². The zero-order valence-electron chi connectivity index (χ0n) is 23.4. The molecule has 41 heavy (non-hydrogen) atoms. The van der Waals surface area contributed by atoms with Gasteiger partial charge in [0.15, 0.2) is 0 Å². The van der Waals surface area contributed by atoms with Crippen LogP contribution in [-0.4, -0.2) is 40.1 Å². The highest BCUT2D eigenvalue weighted by molar-refractivity contribution is 7.87. The summed E-state index contributed by atoms with van der Waals surface area (Å²) in [6, 6.07) is 15.0. The second kappa shape index (κ2) is 11.3. The number of para-hydroxylation sites is 1. The number of alkyl halides is 3. The van der Waals surface area contributed by atoms with Crippen LogP contribution in [0, 0.1) is 0 Å². The van der Waals surface area contributed by atoms with Crippen molar-refractivity contribution in [2.75, 3.05) is 25.3 Å². The fraction of sp³-hybridized carbons (Fsp3) is 0.333. The molecular weight excluding hydrogens is 557 g/mol. The van der Waals surface area contributed by atoms with Crippen molar-refractivity contribution in [1.29, 1.82) is 0 Å². The number of methoxy groups -OCH3 is 2. The fourth-order valence-corrected chi connectivity index (χ4v) is 6.12. The average molecular weight is 591 g/mol. The van der Waals surface area contributed by atoms with E-state index in [-0.39, 0.29) is 17.0 Å². The topological polar surface area (TPSA) is 99.9 Å². The van der Waals surface area contributed by atoms with Crippen molar-refractivity contribution in [2.24, 2.45) is 5.73 Å². The Labute approximate surface area is 238 Å². The van der Waals surface area contributed by atoms with E-state index in [0.717, 1.165) is 33.5 Å². The molecule has 0 aromatic heterocycles. The van der Waals surface area contributed by atoms with Crippen molar-refractivity contribution in [3.05, 3.63) is 77.4 Å². The van der Waals surface area contributed by atoms with E-state index in [2.05, 4.69) is 25.2 Å². The van der Waals surface area contributed by atoms with Gasteiger partial charge in [0.05, 0.1) is 38.0 Å². The van der Waals surface area contributed by atoms with Crippen LogP contribution >= 0.6 is 0 Å². The van der Waals surface area contributed by atoms with Crippen molar-refractivity contribution in [1.82, 2.24) is 0 Å². The van der Waals surface area contributed by atoms with Gasteiger partial charge in [0.2, 0.25) is 0 Å². The van der Waals surface area contributed by atoms with E-state index in [1.165, 1.54) is 19.2 Å². The van der Waals surface area contributed by atoms with E-state index in [9.17, 15) is 21.6 Å². The summed E-state index contributed by atoms with van der Waals surface area (Å²) in [7, 11) is -1.50. The fourth-order valence-electron chi connectivity index (χ4n) is 5.16. The first-order valence-electron chi connectivity index (χ1n) is 12.9. The number of benzene rings is 3. The number of ether oxygens (including phenoxy) is 2.